The Morgan fingerprint density at radius 3 is 2.82 bits per heavy atom. The molecule has 2 aliphatic rings. The van der Waals surface area contributed by atoms with Crippen LogP contribution >= 0.6 is 0 Å². The molecule has 1 saturated heterocycles. The predicted octanol–water partition coefficient (Wildman–Crippen LogP) is 6.74. The van der Waals surface area contributed by atoms with Crippen LogP contribution in [0, 0.1) is 25.7 Å². The first-order valence-electron chi connectivity index (χ1n) is 14.1. The maximum Gasteiger partial charge on any atom is 0.193 e. The monoisotopic (exact) mass is 524 g/mol. The van der Waals surface area contributed by atoms with Gasteiger partial charge in [-0.2, -0.15) is 5.10 Å². The Bertz CT molecular complexity index is 1490. The Labute approximate surface area is 232 Å². The van der Waals surface area contributed by atoms with Crippen LogP contribution in [0.1, 0.15) is 63.1 Å². The van der Waals surface area contributed by atoms with Gasteiger partial charge in [-0.3, -0.25) is 4.98 Å². The van der Waals surface area contributed by atoms with Crippen LogP contribution in [0.15, 0.2) is 53.5 Å². The molecule has 0 aromatic carbocycles. The number of hydrogen-bond acceptors (Lipinski definition) is 6. The maximum atomic E-state index is 6.14. The largest absolute Gasteiger partial charge is 0.480 e. The van der Waals surface area contributed by atoms with Crippen molar-refractivity contribution in [2.75, 3.05) is 24.6 Å². The van der Waals surface area contributed by atoms with Gasteiger partial charge in [-0.25, -0.2) is 14.5 Å². The minimum absolute atomic E-state index is 0.265. The van der Waals surface area contributed by atoms with Crippen LogP contribution in [0.25, 0.3) is 22.9 Å². The van der Waals surface area contributed by atoms with E-state index in [0.717, 1.165) is 83.4 Å². The van der Waals surface area contributed by atoms with Gasteiger partial charge in [-0.15, -0.1) is 0 Å². The summed E-state index contributed by atoms with van der Waals surface area (Å²) < 4.78 is 8.14. The summed E-state index contributed by atoms with van der Waals surface area (Å²) in [6.45, 7) is 19.2. The van der Waals surface area contributed by atoms with Crippen molar-refractivity contribution in [3.8, 4) is 11.1 Å². The van der Waals surface area contributed by atoms with Crippen LogP contribution in [0.3, 0.4) is 0 Å². The van der Waals surface area contributed by atoms with Gasteiger partial charge in [0.1, 0.15) is 5.82 Å². The topological polar surface area (TPSA) is 67.9 Å². The van der Waals surface area contributed by atoms with Crippen molar-refractivity contribution in [3.63, 3.8) is 0 Å². The Morgan fingerprint density at radius 2 is 2.08 bits per heavy atom. The molecule has 7 nitrogen and oxygen atoms in total. The summed E-state index contributed by atoms with van der Waals surface area (Å²) in [5, 5.41) is 4.77. The third-order valence-electron chi connectivity index (χ3n) is 7.69. The van der Waals surface area contributed by atoms with E-state index in [4.69, 9.17) is 19.8 Å². The fourth-order valence-electron chi connectivity index (χ4n) is 5.45. The number of rotatable bonds is 7. The summed E-state index contributed by atoms with van der Waals surface area (Å²) in [5.41, 5.74) is 9.41. The number of aryl methyl sites for hydroxylation is 2. The Morgan fingerprint density at radius 1 is 1.26 bits per heavy atom. The van der Waals surface area contributed by atoms with Crippen molar-refractivity contribution >= 4 is 23.4 Å². The molecule has 1 fully saturated rings. The zero-order chi connectivity index (χ0) is 27.7. The lowest BCUT2D eigenvalue weighted by atomic mass is 10.1. The average molecular weight is 525 g/mol. The fraction of sp³-hybridized carbons (Fsp3) is 0.438. The predicted molar refractivity (Wildman–Crippen MR) is 160 cm³/mol. The van der Waals surface area contributed by atoms with E-state index in [2.05, 4.69) is 62.4 Å². The molecule has 2 aliphatic heterocycles. The van der Waals surface area contributed by atoms with E-state index in [-0.39, 0.29) is 5.92 Å². The van der Waals surface area contributed by atoms with Crippen molar-refractivity contribution < 1.29 is 4.74 Å². The Hall–Kier alpha value is -3.74. The molecule has 0 N–H and O–H groups in total. The minimum Gasteiger partial charge on any atom is -0.480 e. The number of hydrogen-bond donors (Lipinski definition) is 0. The van der Waals surface area contributed by atoms with Gasteiger partial charge in [0, 0.05) is 53.8 Å². The average Bonchev–Trinajstić information content (AvgIpc) is 3.48. The highest BCUT2D eigenvalue weighted by atomic mass is 16.5. The second kappa shape index (κ2) is 11.2. The van der Waals surface area contributed by atoms with Crippen LogP contribution in [0.2, 0.25) is 0 Å². The summed E-state index contributed by atoms with van der Waals surface area (Å²) >= 11 is 0. The molecule has 204 valence electrons. The summed E-state index contributed by atoms with van der Waals surface area (Å²) in [5.74, 6) is 2.57. The standard InChI is InChI=1S/C32H40N6O/c1-8-29-22(6)30(37-14-13-25(19-37)32-35-28(21(4)5)10-9-15-39-32)36-31-27(18-34-38(29)31)26-16-24(12-11-20(2)3)23(7)33-17-26/h10-12,16-18,21,25H,2,8-9,13-15,19H2,1,3-7H3. The van der Waals surface area contributed by atoms with Gasteiger partial charge < -0.3 is 9.64 Å². The number of fused-ring (bicyclic) bond motifs is 1. The van der Waals surface area contributed by atoms with Gasteiger partial charge in [-0.05, 0) is 51.2 Å². The van der Waals surface area contributed by atoms with Crippen molar-refractivity contribution in [1.82, 2.24) is 19.6 Å². The molecule has 0 bridgehead atoms. The van der Waals surface area contributed by atoms with E-state index in [1.165, 1.54) is 11.3 Å². The molecule has 1 unspecified atom stereocenters. The van der Waals surface area contributed by atoms with Gasteiger partial charge in [0.2, 0.25) is 0 Å². The zero-order valence-electron chi connectivity index (χ0n) is 24.2. The fourth-order valence-corrected chi connectivity index (χ4v) is 5.45. The van der Waals surface area contributed by atoms with E-state index in [1.807, 2.05) is 36.8 Å². The van der Waals surface area contributed by atoms with Crippen LogP contribution in [-0.4, -0.2) is 45.2 Å². The molecule has 0 spiro atoms. The normalized spacial score (nSPS) is 18.0. The first kappa shape index (κ1) is 26.9. The van der Waals surface area contributed by atoms with Gasteiger partial charge in [0.15, 0.2) is 11.5 Å². The number of nitrogens with zero attached hydrogens (tertiary/aromatic N) is 6. The third kappa shape index (κ3) is 5.40. The molecule has 0 saturated carbocycles. The number of allylic oxidation sites excluding steroid dienone is 3. The Balaban J connectivity index is 1.52. The van der Waals surface area contributed by atoms with Crippen molar-refractivity contribution in [1.29, 1.82) is 0 Å². The number of anilines is 1. The molecule has 7 heteroatoms. The van der Waals surface area contributed by atoms with E-state index in [9.17, 15) is 0 Å². The summed E-state index contributed by atoms with van der Waals surface area (Å²) in [6.07, 6.45) is 12.9. The second-order valence-corrected chi connectivity index (χ2v) is 11.0. The van der Waals surface area contributed by atoms with Gasteiger partial charge in [0.05, 0.1) is 24.4 Å². The number of ether oxygens (including phenoxy) is 1. The van der Waals surface area contributed by atoms with Gasteiger partial charge in [0.25, 0.3) is 0 Å². The molecule has 1 atom stereocenters. The highest BCUT2D eigenvalue weighted by Gasteiger charge is 2.31. The van der Waals surface area contributed by atoms with Crippen molar-refractivity contribution in [2.45, 2.75) is 60.8 Å². The molecular weight excluding hydrogens is 484 g/mol. The third-order valence-corrected chi connectivity index (χ3v) is 7.69. The molecule has 3 aromatic rings. The number of aliphatic imine (C=N–C) groups is 1. The molecule has 39 heavy (non-hydrogen) atoms. The molecule has 5 heterocycles. The Kier molecular flexibility index (Phi) is 7.69. The van der Waals surface area contributed by atoms with Crippen LogP contribution in [0.5, 0.6) is 0 Å². The maximum absolute atomic E-state index is 6.14. The number of aromatic nitrogens is 4. The second-order valence-electron chi connectivity index (χ2n) is 11.0. The first-order valence-corrected chi connectivity index (χ1v) is 14.1. The minimum atomic E-state index is 0.265. The molecule has 5 rings (SSSR count). The lowest BCUT2D eigenvalue weighted by Crippen LogP contribution is -2.26. The van der Waals surface area contributed by atoms with Crippen LogP contribution in [-0.2, 0) is 11.2 Å². The van der Waals surface area contributed by atoms with E-state index in [1.54, 1.807) is 0 Å². The van der Waals surface area contributed by atoms with Gasteiger partial charge in [-0.1, -0.05) is 51.2 Å². The van der Waals surface area contributed by atoms with Gasteiger partial charge >= 0.3 is 0 Å². The molecule has 0 aliphatic carbocycles. The van der Waals surface area contributed by atoms with Crippen molar-refractivity contribution in [3.05, 3.63) is 71.0 Å². The lowest BCUT2D eigenvalue weighted by molar-refractivity contribution is 0.292. The van der Waals surface area contributed by atoms with Crippen molar-refractivity contribution in [2.24, 2.45) is 16.8 Å². The highest BCUT2D eigenvalue weighted by Crippen LogP contribution is 2.33. The highest BCUT2D eigenvalue weighted by molar-refractivity contribution is 5.82. The van der Waals surface area contributed by atoms with E-state index in [0.29, 0.717) is 12.5 Å². The summed E-state index contributed by atoms with van der Waals surface area (Å²) in [6, 6.07) is 2.17. The molecule has 0 radical (unpaired) electrons. The smallest absolute Gasteiger partial charge is 0.193 e. The zero-order valence-corrected chi connectivity index (χ0v) is 24.2. The molecular formula is C32H40N6O. The lowest BCUT2D eigenvalue weighted by Gasteiger charge is -2.22. The van der Waals surface area contributed by atoms with Crippen LogP contribution in [0.4, 0.5) is 5.82 Å². The molecule has 3 aromatic heterocycles. The SMILES string of the molecule is C=C(C)C=Cc1cc(-c2cnn3c(CC)c(C)c(N4CCC(C5=NC(C(C)C)=CCCO5)C4)nc23)cnc1C. The summed E-state index contributed by atoms with van der Waals surface area (Å²) in [7, 11) is 0. The van der Waals surface area contributed by atoms with E-state index >= 15 is 0 Å². The first-order chi connectivity index (χ1) is 18.8. The molecule has 0 amide bonds. The summed E-state index contributed by atoms with van der Waals surface area (Å²) in [4.78, 5) is 17.3. The number of pyridine rings is 1. The quantitative estimate of drug-likeness (QED) is 0.320. The van der Waals surface area contributed by atoms with E-state index < -0.39 is 0 Å². The van der Waals surface area contributed by atoms with Crippen LogP contribution < -0.4 is 4.90 Å².